The molecular formula is C18H22N6OS. The van der Waals surface area contributed by atoms with E-state index in [0.29, 0.717) is 18.3 Å². The molecule has 4 rings (SSSR count). The molecule has 1 fully saturated rings. The smallest absolute Gasteiger partial charge is 0.241 e. The van der Waals surface area contributed by atoms with Gasteiger partial charge < -0.3 is 9.42 Å². The number of nitrogens with zero attached hydrogens (tertiary/aromatic N) is 6. The van der Waals surface area contributed by atoms with Gasteiger partial charge in [0.25, 0.3) is 0 Å². The molecule has 0 amide bonds. The first-order valence-corrected chi connectivity index (χ1v) is 9.68. The fourth-order valence-corrected chi connectivity index (χ4v) is 3.86. The first-order chi connectivity index (χ1) is 12.7. The normalized spacial score (nSPS) is 15.5. The Morgan fingerprint density at radius 3 is 2.65 bits per heavy atom. The van der Waals surface area contributed by atoms with Crippen molar-refractivity contribution in [1.82, 2.24) is 24.4 Å². The Morgan fingerprint density at radius 2 is 1.92 bits per heavy atom. The van der Waals surface area contributed by atoms with E-state index in [1.807, 2.05) is 18.2 Å². The maximum Gasteiger partial charge on any atom is 0.241 e. The summed E-state index contributed by atoms with van der Waals surface area (Å²) in [6.07, 6.45) is 0.886. The molecule has 2 aromatic heterocycles. The van der Waals surface area contributed by atoms with E-state index in [4.69, 9.17) is 4.52 Å². The second-order valence-corrected chi connectivity index (χ2v) is 7.17. The van der Waals surface area contributed by atoms with Gasteiger partial charge in [-0.3, -0.25) is 4.90 Å². The van der Waals surface area contributed by atoms with E-state index in [1.165, 1.54) is 11.5 Å². The quantitative estimate of drug-likeness (QED) is 0.684. The first kappa shape index (κ1) is 17.1. The lowest BCUT2D eigenvalue weighted by molar-refractivity contribution is 0.215. The zero-order valence-corrected chi connectivity index (χ0v) is 15.9. The van der Waals surface area contributed by atoms with Gasteiger partial charge in [-0.1, -0.05) is 36.3 Å². The largest absolute Gasteiger partial charge is 0.344 e. The number of benzene rings is 1. The highest BCUT2D eigenvalue weighted by Crippen LogP contribution is 2.22. The molecular weight excluding hydrogens is 348 g/mol. The van der Waals surface area contributed by atoms with Crippen molar-refractivity contribution in [3.05, 3.63) is 41.5 Å². The summed E-state index contributed by atoms with van der Waals surface area (Å²) in [6, 6.07) is 8.09. The third-order valence-electron chi connectivity index (χ3n) is 4.63. The summed E-state index contributed by atoms with van der Waals surface area (Å²) in [6.45, 7) is 8.60. The van der Waals surface area contributed by atoms with Crippen LogP contribution in [0.5, 0.6) is 0 Å². The molecule has 3 aromatic rings. The lowest BCUT2D eigenvalue weighted by atomic mass is 10.1. The molecule has 1 aromatic carbocycles. The van der Waals surface area contributed by atoms with Crippen LogP contribution in [0.3, 0.4) is 0 Å². The molecule has 0 aliphatic carbocycles. The number of hydrogen-bond donors (Lipinski definition) is 0. The Morgan fingerprint density at radius 1 is 1.12 bits per heavy atom. The highest BCUT2D eigenvalue weighted by atomic mass is 32.1. The Hall–Kier alpha value is -2.32. The van der Waals surface area contributed by atoms with E-state index in [2.05, 4.69) is 49.2 Å². The van der Waals surface area contributed by atoms with Crippen molar-refractivity contribution in [3.63, 3.8) is 0 Å². The maximum atomic E-state index is 5.47. The molecule has 0 N–H and O–H groups in total. The topological polar surface area (TPSA) is 71.2 Å². The minimum Gasteiger partial charge on any atom is -0.344 e. The van der Waals surface area contributed by atoms with Crippen LogP contribution < -0.4 is 4.90 Å². The van der Waals surface area contributed by atoms with Crippen LogP contribution in [0.25, 0.3) is 11.4 Å². The summed E-state index contributed by atoms with van der Waals surface area (Å²) < 4.78 is 9.85. The summed E-state index contributed by atoms with van der Waals surface area (Å²) >= 11 is 1.49. The molecule has 0 spiro atoms. The van der Waals surface area contributed by atoms with E-state index >= 15 is 0 Å². The van der Waals surface area contributed by atoms with Crippen molar-refractivity contribution in [2.24, 2.45) is 0 Å². The summed E-state index contributed by atoms with van der Waals surface area (Å²) in [5, 5.41) is 5.18. The van der Waals surface area contributed by atoms with Crippen LogP contribution >= 0.6 is 11.5 Å². The monoisotopic (exact) mass is 370 g/mol. The molecule has 0 saturated carbocycles. The van der Waals surface area contributed by atoms with Crippen LogP contribution in [0.4, 0.5) is 5.13 Å². The fourth-order valence-electron chi connectivity index (χ4n) is 3.06. The Kier molecular flexibility index (Phi) is 4.94. The van der Waals surface area contributed by atoms with Crippen molar-refractivity contribution in [2.75, 3.05) is 31.1 Å². The number of aromatic nitrogens is 4. The van der Waals surface area contributed by atoms with Crippen molar-refractivity contribution in [2.45, 2.75) is 26.8 Å². The Bertz CT molecular complexity index is 868. The second-order valence-electron chi connectivity index (χ2n) is 6.44. The lowest BCUT2D eigenvalue weighted by Crippen LogP contribution is -2.46. The van der Waals surface area contributed by atoms with Crippen molar-refractivity contribution in [1.29, 1.82) is 0 Å². The molecule has 8 heteroatoms. The number of aryl methyl sites for hydroxylation is 2. The average Bonchev–Trinajstić information content (AvgIpc) is 3.32. The summed E-state index contributed by atoms with van der Waals surface area (Å²) in [5.41, 5.74) is 2.17. The third-order valence-corrected chi connectivity index (χ3v) is 5.44. The second kappa shape index (κ2) is 7.51. The standard InChI is InChI=1S/C18H22N6OS/c1-3-15-19-18(26-22-15)24-10-8-23(9-11-24)12-16-20-17(21-25-16)14-7-5-4-6-13(14)2/h4-7H,3,8-12H2,1-2H3. The van der Waals surface area contributed by atoms with E-state index < -0.39 is 0 Å². The minimum absolute atomic E-state index is 0.665. The molecule has 0 atom stereocenters. The molecule has 1 aliphatic rings. The van der Waals surface area contributed by atoms with Crippen LogP contribution in [-0.2, 0) is 13.0 Å². The van der Waals surface area contributed by atoms with Gasteiger partial charge in [0.15, 0.2) is 0 Å². The molecule has 7 nitrogen and oxygen atoms in total. The molecule has 136 valence electrons. The highest BCUT2D eigenvalue weighted by molar-refractivity contribution is 7.09. The van der Waals surface area contributed by atoms with Crippen LogP contribution in [0.15, 0.2) is 28.8 Å². The van der Waals surface area contributed by atoms with Crippen molar-refractivity contribution in [3.8, 4) is 11.4 Å². The minimum atomic E-state index is 0.665. The Labute approximate surface area is 156 Å². The number of rotatable bonds is 5. The summed E-state index contributed by atoms with van der Waals surface area (Å²) in [5.74, 6) is 2.26. The van der Waals surface area contributed by atoms with E-state index in [0.717, 1.165) is 54.7 Å². The summed E-state index contributed by atoms with van der Waals surface area (Å²) in [7, 11) is 0. The van der Waals surface area contributed by atoms with Gasteiger partial charge in [0, 0.05) is 49.7 Å². The van der Waals surface area contributed by atoms with Crippen LogP contribution in [-0.4, -0.2) is 50.6 Å². The predicted molar refractivity (Wildman–Crippen MR) is 101 cm³/mol. The highest BCUT2D eigenvalue weighted by Gasteiger charge is 2.22. The average molecular weight is 370 g/mol. The molecule has 0 bridgehead atoms. The SMILES string of the molecule is CCc1nsc(N2CCN(Cc3nc(-c4ccccc4C)no3)CC2)n1. The zero-order valence-electron chi connectivity index (χ0n) is 15.1. The van der Waals surface area contributed by atoms with Crippen molar-refractivity contribution < 1.29 is 4.52 Å². The van der Waals surface area contributed by atoms with Crippen LogP contribution in [0.1, 0.15) is 24.2 Å². The number of hydrogen-bond acceptors (Lipinski definition) is 8. The third kappa shape index (κ3) is 3.61. The lowest BCUT2D eigenvalue weighted by Gasteiger charge is -2.33. The maximum absolute atomic E-state index is 5.47. The molecule has 3 heterocycles. The Balaban J connectivity index is 1.35. The first-order valence-electron chi connectivity index (χ1n) is 8.91. The van der Waals surface area contributed by atoms with E-state index in [9.17, 15) is 0 Å². The van der Waals surface area contributed by atoms with Crippen molar-refractivity contribution >= 4 is 16.7 Å². The van der Waals surface area contributed by atoms with Gasteiger partial charge in [0.05, 0.1) is 6.54 Å². The molecule has 26 heavy (non-hydrogen) atoms. The van der Waals surface area contributed by atoms with Gasteiger partial charge in [-0.05, 0) is 12.5 Å². The van der Waals surface area contributed by atoms with Crippen LogP contribution in [0, 0.1) is 6.92 Å². The van der Waals surface area contributed by atoms with Gasteiger partial charge in [-0.15, -0.1) is 0 Å². The van der Waals surface area contributed by atoms with E-state index in [1.54, 1.807) is 0 Å². The predicted octanol–water partition coefficient (Wildman–Crippen LogP) is 2.78. The molecule has 1 saturated heterocycles. The number of anilines is 1. The van der Waals surface area contributed by atoms with Gasteiger partial charge in [0.1, 0.15) is 5.82 Å². The summed E-state index contributed by atoms with van der Waals surface area (Å²) in [4.78, 5) is 13.8. The molecule has 1 aliphatic heterocycles. The van der Waals surface area contributed by atoms with Gasteiger partial charge in [-0.2, -0.15) is 9.36 Å². The fraction of sp³-hybridized carbons (Fsp3) is 0.444. The molecule has 0 unspecified atom stereocenters. The van der Waals surface area contributed by atoms with Gasteiger partial charge in [-0.25, -0.2) is 4.98 Å². The zero-order chi connectivity index (χ0) is 17.9. The van der Waals surface area contributed by atoms with Crippen LogP contribution in [0.2, 0.25) is 0 Å². The molecule has 0 radical (unpaired) electrons. The van der Waals surface area contributed by atoms with Gasteiger partial charge >= 0.3 is 0 Å². The number of piperazine rings is 1. The van der Waals surface area contributed by atoms with Gasteiger partial charge in [0.2, 0.25) is 16.8 Å². The van der Waals surface area contributed by atoms with E-state index in [-0.39, 0.29) is 0 Å².